The topological polar surface area (TPSA) is 73.4 Å². The molecule has 6 nitrogen and oxygen atoms in total. The maximum absolute atomic E-state index is 12.0. The Kier molecular flexibility index (Phi) is 6.02. The van der Waals surface area contributed by atoms with Crippen molar-refractivity contribution in [1.82, 2.24) is 14.7 Å². The van der Waals surface area contributed by atoms with Crippen LogP contribution in [0.25, 0.3) is 16.7 Å². The number of aromatic nitrogens is 2. The van der Waals surface area contributed by atoms with Gasteiger partial charge in [0.2, 0.25) is 5.91 Å². The summed E-state index contributed by atoms with van der Waals surface area (Å²) in [5, 5.41) is 13.0. The Labute approximate surface area is 192 Å². The van der Waals surface area contributed by atoms with E-state index in [1.807, 2.05) is 49.4 Å². The number of para-hydroxylation sites is 2. The lowest BCUT2D eigenvalue weighted by molar-refractivity contribution is -0.120. The molecule has 1 aliphatic rings. The first kappa shape index (κ1) is 21.7. The van der Waals surface area contributed by atoms with Crippen molar-refractivity contribution in [3.05, 3.63) is 76.9 Å². The number of hydrogen-bond acceptors (Lipinski definition) is 4. The smallest absolute Gasteiger partial charge is 0.221 e. The van der Waals surface area contributed by atoms with Gasteiger partial charge in [-0.1, -0.05) is 42.5 Å². The Morgan fingerprint density at radius 1 is 1.09 bits per heavy atom. The third-order valence-electron chi connectivity index (χ3n) is 6.04. The van der Waals surface area contributed by atoms with Crippen molar-refractivity contribution < 1.29 is 4.79 Å². The number of halogens is 1. The highest BCUT2D eigenvalue weighted by atomic mass is 35.5. The first-order valence-corrected chi connectivity index (χ1v) is 10.6. The van der Waals surface area contributed by atoms with Crippen LogP contribution in [0.2, 0.25) is 0 Å². The lowest BCUT2D eigenvalue weighted by Gasteiger charge is -2.28. The predicted octanol–water partition coefficient (Wildman–Crippen LogP) is 4.01. The van der Waals surface area contributed by atoms with Crippen molar-refractivity contribution in [3.8, 4) is 6.07 Å². The van der Waals surface area contributed by atoms with E-state index in [9.17, 15) is 10.1 Å². The molecule has 0 radical (unpaired) electrons. The van der Waals surface area contributed by atoms with E-state index in [-0.39, 0.29) is 18.3 Å². The van der Waals surface area contributed by atoms with Crippen LogP contribution >= 0.6 is 12.4 Å². The van der Waals surface area contributed by atoms with E-state index in [2.05, 4.69) is 32.8 Å². The number of nitrogens with one attached hydrogen (secondary N) is 1. The highest BCUT2D eigenvalue weighted by Crippen LogP contribution is 2.34. The highest BCUT2D eigenvalue weighted by Gasteiger charge is 2.25. The van der Waals surface area contributed by atoms with Gasteiger partial charge in [0.1, 0.15) is 11.9 Å². The fraction of sp³-hybridized carbons (Fsp3) is 0.240. The van der Waals surface area contributed by atoms with Crippen molar-refractivity contribution in [2.75, 3.05) is 24.5 Å². The van der Waals surface area contributed by atoms with Gasteiger partial charge in [0.05, 0.1) is 16.6 Å². The molecule has 0 aliphatic carbocycles. The maximum Gasteiger partial charge on any atom is 0.221 e. The average molecular weight is 446 g/mol. The number of fused-ring (bicyclic) bond motifs is 3. The first-order valence-electron chi connectivity index (χ1n) is 10.6. The van der Waals surface area contributed by atoms with Crippen molar-refractivity contribution >= 4 is 40.8 Å². The fourth-order valence-electron chi connectivity index (χ4n) is 4.49. The predicted molar refractivity (Wildman–Crippen MR) is 128 cm³/mol. The molecule has 4 aromatic rings. The van der Waals surface area contributed by atoms with Crippen LogP contribution in [0.15, 0.2) is 54.6 Å². The summed E-state index contributed by atoms with van der Waals surface area (Å²) in [6.45, 7) is 3.94. The molecule has 32 heavy (non-hydrogen) atoms. The van der Waals surface area contributed by atoms with Crippen LogP contribution in [0.5, 0.6) is 0 Å². The van der Waals surface area contributed by atoms with Gasteiger partial charge in [0, 0.05) is 38.0 Å². The Morgan fingerprint density at radius 3 is 2.62 bits per heavy atom. The third kappa shape index (κ3) is 3.65. The van der Waals surface area contributed by atoms with E-state index in [4.69, 9.17) is 4.98 Å². The molecule has 0 unspecified atom stereocenters. The molecule has 7 heteroatoms. The molecule has 2 aromatic carbocycles. The normalized spacial score (nSPS) is 14.0. The number of imidazole rings is 1. The van der Waals surface area contributed by atoms with E-state index in [0.29, 0.717) is 43.7 Å². The molecule has 1 saturated heterocycles. The zero-order valence-electron chi connectivity index (χ0n) is 17.8. The number of nitrogens with zero attached hydrogens (tertiary/aromatic N) is 4. The van der Waals surface area contributed by atoms with Crippen molar-refractivity contribution in [3.63, 3.8) is 0 Å². The van der Waals surface area contributed by atoms with Gasteiger partial charge in [-0.3, -0.25) is 9.20 Å². The van der Waals surface area contributed by atoms with Crippen LogP contribution in [-0.2, 0) is 11.2 Å². The molecule has 5 rings (SSSR count). The highest BCUT2D eigenvalue weighted by molar-refractivity contribution is 5.87. The molecular formula is C25H24ClN5O. The van der Waals surface area contributed by atoms with Crippen LogP contribution in [0.4, 0.5) is 5.82 Å². The molecule has 1 aliphatic heterocycles. The molecule has 2 aromatic heterocycles. The largest absolute Gasteiger partial charge is 0.355 e. The number of hydrogen-bond donors (Lipinski definition) is 1. The number of benzene rings is 2. The second-order valence-electron chi connectivity index (χ2n) is 7.92. The monoisotopic (exact) mass is 445 g/mol. The zero-order chi connectivity index (χ0) is 21.4. The number of amides is 1. The van der Waals surface area contributed by atoms with Gasteiger partial charge < -0.3 is 10.2 Å². The van der Waals surface area contributed by atoms with Gasteiger partial charge in [0.15, 0.2) is 5.65 Å². The molecular weight excluding hydrogens is 422 g/mol. The molecule has 3 heterocycles. The minimum Gasteiger partial charge on any atom is -0.355 e. The maximum atomic E-state index is 12.0. The van der Waals surface area contributed by atoms with Gasteiger partial charge in [-0.25, -0.2) is 4.98 Å². The van der Waals surface area contributed by atoms with Crippen LogP contribution in [0, 0.1) is 18.3 Å². The van der Waals surface area contributed by atoms with E-state index in [0.717, 1.165) is 28.0 Å². The molecule has 1 fully saturated rings. The summed E-state index contributed by atoms with van der Waals surface area (Å²) >= 11 is 0. The van der Waals surface area contributed by atoms with Crippen molar-refractivity contribution in [1.29, 1.82) is 5.26 Å². The molecule has 0 atom stereocenters. The number of carbonyl (C=O) groups excluding carboxylic acids is 1. The van der Waals surface area contributed by atoms with E-state index < -0.39 is 0 Å². The second-order valence-corrected chi connectivity index (χ2v) is 7.92. The lowest BCUT2D eigenvalue weighted by atomic mass is 9.97. The Balaban J connectivity index is 0.00000245. The SMILES string of the molecule is Cc1c(Cc2ccccc2)c(N2CCNC(=O)CC2)n2c(nc3ccccc32)c1C#N.Cl. The Morgan fingerprint density at radius 2 is 1.84 bits per heavy atom. The van der Waals surface area contributed by atoms with Gasteiger partial charge in [-0.15, -0.1) is 12.4 Å². The number of anilines is 1. The van der Waals surface area contributed by atoms with Gasteiger partial charge in [-0.2, -0.15) is 5.26 Å². The summed E-state index contributed by atoms with van der Waals surface area (Å²) in [6, 6.07) is 20.7. The number of nitriles is 1. The lowest BCUT2D eigenvalue weighted by Crippen LogP contribution is -2.31. The average Bonchev–Trinajstić information content (AvgIpc) is 3.03. The first-order chi connectivity index (χ1) is 15.2. The summed E-state index contributed by atoms with van der Waals surface area (Å²) in [6.07, 6.45) is 1.15. The number of pyridine rings is 1. The van der Waals surface area contributed by atoms with Crippen molar-refractivity contribution in [2.24, 2.45) is 0 Å². The van der Waals surface area contributed by atoms with Gasteiger partial charge in [-0.05, 0) is 30.2 Å². The zero-order valence-corrected chi connectivity index (χ0v) is 18.7. The molecule has 1 amide bonds. The minimum atomic E-state index is 0. The summed E-state index contributed by atoms with van der Waals surface area (Å²) in [7, 11) is 0. The third-order valence-corrected chi connectivity index (χ3v) is 6.04. The molecule has 0 saturated carbocycles. The summed E-state index contributed by atoms with van der Waals surface area (Å²) in [4.78, 5) is 19.1. The van der Waals surface area contributed by atoms with Crippen LogP contribution in [0.3, 0.4) is 0 Å². The molecule has 162 valence electrons. The quantitative estimate of drug-likeness (QED) is 0.517. The fourth-order valence-corrected chi connectivity index (χ4v) is 4.49. The van der Waals surface area contributed by atoms with Crippen LogP contribution < -0.4 is 10.2 Å². The van der Waals surface area contributed by atoms with E-state index >= 15 is 0 Å². The summed E-state index contributed by atoms with van der Waals surface area (Å²) in [5.41, 5.74) is 6.36. The van der Waals surface area contributed by atoms with Gasteiger partial charge >= 0.3 is 0 Å². The van der Waals surface area contributed by atoms with Crippen molar-refractivity contribution in [2.45, 2.75) is 19.8 Å². The number of carbonyl (C=O) groups is 1. The van der Waals surface area contributed by atoms with Crippen LogP contribution in [-0.4, -0.2) is 34.9 Å². The minimum absolute atomic E-state index is 0. The summed E-state index contributed by atoms with van der Waals surface area (Å²) < 4.78 is 2.12. The van der Waals surface area contributed by atoms with Gasteiger partial charge in [0.25, 0.3) is 0 Å². The molecule has 1 N–H and O–H groups in total. The van der Waals surface area contributed by atoms with Crippen LogP contribution in [0.1, 0.15) is 28.7 Å². The Hall–Kier alpha value is -3.56. The molecule has 0 bridgehead atoms. The van der Waals surface area contributed by atoms with E-state index in [1.54, 1.807) is 0 Å². The number of rotatable bonds is 3. The Bertz CT molecular complexity index is 1340. The molecule has 0 spiro atoms. The summed E-state index contributed by atoms with van der Waals surface area (Å²) in [5.74, 6) is 1.10. The van der Waals surface area contributed by atoms with E-state index in [1.165, 1.54) is 5.56 Å². The second kappa shape index (κ2) is 8.89. The standard InChI is InChI=1S/C25H23N5O.ClH/c1-17-19(15-18-7-3-2-4-8-18)25(29-13-11-23(31)27-12-14-29)30-22-10-6-5-9-21(22)28-24(30)20(17)16-26;/h2-10H,11-15H2,1H3,(H,27,31);1H.